The second-order valence-corrected chi connectivity index (χ2v) is 8.28. The molecule has 1 aliphatic rings. The first-order valence-electron chi connectivity index (χ1n) is 11.4. The summed E-state index contributed by atoms with van der Waals surface area (Å²) < 4.78 is 28.4. The number of methoxy groups -OCH3 is 1. The molecule has 2 aromatic heterocycles. The van der Waals surface area contributed by atoms with Crippen molar-refractivity contribution in [1.82, 2.24) is 19.7 Å². The molecule has 0 saturated carbocycles. The fourth-order valence-corrected chi connectivity index (χ4v) is 3.87. The number of benzene rings is 1. The molecule has 3 aromatic rings. The number of ether oxygens (including phenoxy) is 2. The molecule has 1 unspecified atom stereocenters. The van der Waals surface area contributed by atoms with Crippen molar-refractivity contribution in [2.45, 2.75) is 19.5 Å². The Kier molecular flexibility index (Phi) is 7.63. The summed E-state index contributed by atoms with van der Waals surface area (Å²) in [7, 11) is 3.09. The molecule has 4 rings (SSSR count). The molecule has 0 fully saturated rings. The fourth-order valence-electron chi connectivity index (χ4n) is 3.87. The number of hydrogen-bond donors (Lipinski definition) is 2. The lowest BCUT2D eigenvalue weighted by atomic mass is 10.1. The third-order valence-electron chi connectivity index (χ3n) is 5.72. The Morgan fingerprint density at radius 3 is 2.62 bits per heavy atom. The van der Waals surface area contributed by atoms with E-state index >= 15 is 0 Å². The third-order valence-corrected chi connectivity index (χ3v) is 5.72. The summed E-state index contributed by atoms with van der Waals surface area (Å²) in [4.78, 5) is 41.8. The fraction of sp³-hybridized carbons (Fsp3) is 0.231. The van der Waals surface area contributed by atoms with Gasteiger partial charge in [-0.25, -0.2) is 14.1 Å². The van der Waals surface area contributed by atoms with E-state index in [2.05, 4.69) is 15.6 Å². The average Bonchev–Trinajstić information content (AvgIpc) is 3.09. The maximum atomic E-state index is 14.9. The van der Waals surface area contributed by atoms with Gasteiger partial charge in [-0.15, -0.1) is 0 Å². The van der Waals surface area contributed by atoms with E-state index in [-0.39, 0.29) is 41.8 Å². The van der Waals surface area contributed by atoms with Crippen molar-refractivity contribution < 1.29 is 23.5 Å². The van der Waals surface area contributed by atoms with Crippen molar-refractivity contribution in [3.05, 3.63) is 93.9 Å². The number of allylic oxidation sites excluding steroid dienone is 4. The monoisotopic (exact) mass is 507 g/mol. The maximum absolute atomic E-state index is 14.9. The smallest absolute Gasteiger partial charge is 0.284 e. The molecule has 2 amide bonds. The van der Waals surface area contributed by atoms with Crippen LogP contribution in [-0.4, -0.2) is 46.1 Å². The number of amides is 2. The van der Waals surface area contributed by atoms with Gasteiger partial charge in [-0.1, -0.05) is 18.2 Å². The maximum Gasteiger partial charge on any atom is 0.284 e. The first-order valence-corrected chi connectivity index (χ1v) is 11.4. The van der Waals surface area contributed by atoms with Crippen LogP contribution >= 0.6 is 0 Å². The normalized spacial score (nSPS) is 15.0. The lowest BCUT2D eigenvalue weighted by Gasteiger charge is -2.20. The Morgan fingerprint density at radius 1 is 1.16 bits per heavy atom. The Morgan fingerprint density at radius 2 is 1.92 bits per heavy atom. The average molecular weight is 508 g/mol. The quantitative estimate of drug-likeness (QED) is 0.484. The van der Waals surface area contributed by atoms with E-state index in [1.54, 1.807) is 42.9 Å². The van der Waals surface area contributed by atoms with Crippen LogP contribution in [0, 0.1) is 6.92 Å². The second kappa shape index (κ2) is 11.0. The lowest BCUT2D eigenvalue weighted by molar-refractivity contribution is -0.119. The van der Waals surface area contributed by atoms with Crippen LogP contribution in [0.15, 0.2) is 77.1 Å². The van der Waals surface area contributed by atoms with Gasteiger partial charge >= 0.3 is 0 Å². The molecular weight excluding hydrogens is 481 g/mol. The number of para-hydroxylation sites is 1. The summed E-state index contributed by atoms with van der Waals surface area (Å²) in [5, 5.41) is 5.20. The Labute approximate surface area is 212 Å². The van der Waals surface area contributed by atoms with Crippen molar-refractivity contribution >= 4 is 17.6 Å². The second-order valence-electron chi connectivity index (χ2n) is 8.28. The number of rotatable bonds is 8. The van der Waals surface area contributed by atoms with Crippen LogP contribution in [0.25, 0.3) is 5.69 Å². The standard InChI is InChI=1S/C26H26FN5O5/c1-16-24(26(35)32(31(16)2)18-7-5-4-6-8-18)25(34)29-17-9-10-21(20(27)13-17)37-19-11-12-28-22(14-19)30-23(33)15-36-3/h4-12,14,20H,13,15H2,1-3H3,(H,29,34)(H,28,30,33). The number of anilines is 1. The molecular formula is C26H26FN5O5. The number of nitrogens with one attached hydrogen (secondary N) is 2. The summed E-state index contributed by atoms with van der Waals surface area (Å²) >= 11 is 0. The zero-order valence-corrected chi connectivity index (χ0v) is 20.5. The highest BCUT2D eigenvalue weighted by atomic mass is 19.1. The van der Waals surface area contributed by atoms with Gasteiger partial charge in [0.05, 0.1) is 11.4 Å². The summed E-state index contributed by atoms with van der Waals surface area (Å²) in [6.45, 7) is 1.54. The number of carbonyl (C=O) groups is 2. The summed E-state index contributed by atoms with van der Waals surface area (Å²) in [6.07, 6.45) is 2.66. The van der Waals surface area contributed by atoms with Gasteiger partial charge in [0.15, 0.2) is 6.17 Å². The molecule has 11 heteroatoms. The van der Waals surface area contributed by atoms with Crippen LogP contribution in [0.3, 0.4) is 0 Å². The van der Waals surface area contributed by atoms with Crippen molar-refractivity contribution in [2.24, 2.45) is 7.05 Å². The van der Waals surface area contributed by atoms with Crippen molar-refractivity contribution in [1.29, 1.82) is 0 Å². The molecule has 37 heavy (non-hydrogen) atoms. The molecule has 0 bridgehead atoms. The minimum absolute atomic E-state index is 0.0199. The Hall–Kier alpha value is -4.51. The summed E-state index contributed by atoms with van der Waals surface area (Å²) in [6, 6.07) is 12.0. The van der Waals surface area contributed by atoms with E-state index in [1.165, 1.54) is 42.3 Å². The first-order chi connectivity index (χ1) is 17.8. The molecule has 1 aliphatic carbocycles. The van der Waals surface area contributed by atoms with Gasteiger partial charge in [0.2, 0.25) is 0 Å². The molecule has 10 nitrogen and oxygen atoms in total. The van der Waals surface area contributed by atoms with Crippen LogP contribution in [0.1, 0.15) is 22.5 Å². The topological polar surface area (TPSA) is 116 Å². The zero-order valence-electron chi connectivity index (χ0n) is 20.5. The Balaban J connectivity index is 1.48. The van der Waals surface area contributed by atoms with E-state index in [9.17, 15) is 18.8 Å². The highest BCUT2D eigenvalue weighted by molar-refractivity contribution is 5.96. The highest BCUT2D eigenvalue weighted by Gasteiger charge is 2.26. The van der Waals surface area contributed by atoms with Crippen molar-refractivity contribution in [2.75, 3.05) is 19.0 Å². The molecule has 0 aliphatic heterocycles. The largest absolute Gasteiger partial charge is 0.458 e. The molecule has 2 heterocycles. The van der Waals surface area contributed by atoms with Gasteiger partial charge < -0.3 is 20.1 Å². The number of nitrogens with zero attached hydrogens (tertiary/aromatic N) is 3. The van der Waals surface area contributed by atoms with E-state index in [4.69, 9.17) is 9.47 Å². The molecule has 192 valence electrons. The SMILES string of the molecule is COCC(=O)Nc1cc(OC2=CC=C(NC(=O)c3c(C)n(C)n(-c4ccccc4)c3=O)CC2F)ccn1. The van der Waals surface area contributed by atoms with Gasteiger partial charge in [-0.05, 0) is 37.3 Å². The van der Waals surface area contributed by atoms with Crippen LogP contribution in [-0.2, 0) is 16.6 Å². The predicted molar refractivity (Wildman–Crippen MR) is 134 cm³/mol. The first kappa shape index (κ1) is 25.6. The minimum Gasteiger partial charge on any atom is -0.458 e. The number of aromatic nitrogens is 3. The van der Waals surface area contributed by atoms with Gasteiger partial charge in [-0.3, -0.25) is 19.1 Å². The molecule has 1 aromatic carbocycles. The highest BCUT2D eigenvalue weighted by Crippen LogP contribution is 2.25. The molecule has 0 radical (unpaired) electrons. The summed E-state index contributed by atoms with van der Waals surface area (Å²) in [5.74, 6) is -0.469. The van der Waals surface area contributed by atoms with Gasteiger partial charge in [0.1, 0.15) is 29.5 Å². The van der Waals surface area contributed by atoms with E-state index in [0.717, 1.165) is 0 Å². The van der Waals surface area contributed by atoms with Crippen molar-refractivity contribution in [3.8, 4) is 11.4 Å². The van der Waals surface area contributed by atoms with E-state index in [0.29, 0.717) is 17.1 Å². The number of alkyl halides is 1. The zero-order chi connectivity index (χ0) is 26.5. The minimum atomic E-state index is -1.54. The molecule has 0 saturated heterocycles. The molecule has 0 spiro atoms. The molecule has 2 N–H and O–H groups in total. The Bertz CT molecular complexity index is 1440. The van der Waals surface area contributed by atoms with Crippen LogP contribution in [0.2, 0.25) is 0 Å². The van der Waals surface area contributed by atoms with Gasteiger partial charge in [-0.2, -0.15) is 0 Å². The van der Waals surface area contributed by atoms with Crippen LogP contribution < -0.4 is 20.9 Å². The summed E-state index contributed by atoms with van der Waals surface area (Å²) in [5.41, 5.74) is 0.919. The predicted octanol–water partition coefficient (Wildman–Crippen LogP) is 2.78. The number of halogens is 1. The van der Waals surface area contributed by atoms with E-state index in [1.807, 2.05) is 6.07 Å². The van der Waals surface area contributed by atoms with Crippen LogP contribution in [0.4, 0.5) is 10.2 Å². The van der Waals surface area contributed by atoms with Gasteiger partial charge in [0.25, 0.3) is 17.4 Å². The lowest BCUT2D eigenvalue weighted by Crippen LogP contribution is -2.31. The van der Waals surface area contributed by atoms with Crippen LogP contribution in [0.5, 0.6) is 5.75 Å². The number of carbonyl (C=O) groups excluding carboxylic acids is 2. The van der Waals surface area contributed by atoms with Gasteiger partial charge in [0, 0.05) is 38.5 Å². The van der Waals surface area contributed by atoms with E-state index < -0.39 is 17.6 Å². The third kappa shape index (κ3) is 5.67. The number of hydrogen-bond acceptors (Lipinski definition) is 6. The van der Waals surface area contributed by atoms with Crippen molar-refractivity contribution in [3.63, 3.8) is 0 Å². The number of pyridine rings is 1. The molecule has 1 atom stereocenters.